The average molecular weight is 230 g/mol. The lowest BCUT2D eigenvalue weighted by atomic mass is 10.0. The molecule has 0 spiro atoms. The fourth-order valence-electron chi connectivity index (χ4n) is 2.60. The largest absolute Gasteiger partial charge is 0.368 e. The maximum absolute atomic E-state index is 4.32. The van der Waals surface area contributed by atoms with Crippen LogP contribution in [-0.2, 0) is 0 Å². The quantitative estimate of drug-likeness (QED) is 0.852. The summed E-state index contributed by atoms with van der Waals surface area (Å²) in [5, 5.41) is 18.9. The van der Waals surface area contributed by atoms with Gasteiger partial charge in [-0.3, -0.25) is 0 Å². The van der Waals surface area contributed by atoms with Gasteiger partial charge in [-0.1, -0.05) is 0 Å². The van der Waals surface area contributed by atoms with E-state index in [0.717, 1.165) is 18.3 Å². The molecule has 88 valence electrons. The van der Waals surface area contributed by atoms with E-state index in [1.54, 1.807) is 0 Å². The van der Waals surface area contributed by atoms with Gasteiger partial charge in [-0.2, -0.15) is 0 Å². The summed E-state index contributed by atoms with van der Waals surface area (Å²) in [7, 11) is 0. The number of hydrogen-bond donors (Lipinski definition) is 1. The lowest BCUT2D eigenvalue weighted by Crippen LogP contribution is -2.18. The van der Waals surface area contributed by atoms with Crippen molar-refractivity contribution < 1.29 is 0 Å². The Kier molecular flexibility index (Phi) is 1.73. The molecular weight excluding hydrogens is 216 g/mol. The third kappa shape index (κ3) is 1.55. The van der Waals surface area contributed by atoms with Crippen molar-refractivity contribution in [3.8, 4) is 0 Å². The molecule has 2 aromatic rings. The number of tetrazole rings is 1. The Balaban J connectivity index is 1.51. The summed E-state index contributed by atoms with van der Waals surface area (Å²) in [6.07, 6.45) is 5.58. The number of rotatable bonds is 4. The van der Waals surface area contributed by atoms with E-state index in [2.05, 4.69) is 25.9 Å². The summed E-state index contributed by atoms with van der Waals surface area (Å²) in [5.41, 5.74) is 1.26. The second-order valence-corrected chi connectivity index (χ2v) is 5.24. The van der Waals surface area contributed by atoms with E-state index < -0.39 is 0 Å². The van der Waals surface area contributed by atoms with Crippen LogP contribution in [0.2, 0.25) is 0 Å². The predicted octanol–water partition coefficient (Wildman–Crippen LogP) is 1.12. The van der Waals surface area contributed by atoms with Gasteiger partial charge in [0, 0.05) is 6.54 Å². The molecule has 2 heterocycles. The molecule has 0 aliphatic heterocycles. The Morgan fingerprint density at radius 3 is 3.00 bits per heavy atom. The van der Waals surface area contributed by atoms with Crippen LogP contribution in [0.5, 0.6) is 0 Å². The molecule has 0 saturated heterocycles. The van der Waals surface area contributed by atoms with Gasteiger partial charge in [-0.05, 0) is 59.6 Å². The molecule has 2 saturated carbocycles. The summed E-state index contributed by atoms with van der Waals surface area (Å²) in [5.74, 6) is 1.82. The molecule has 6 nitrogen and oxygen atoms in total. The van der Waals surface area contributed by atoms with Gasteiger partial charge in [-0.15, -0.1) is 14.8 Å². The van der Waals surface area contributed by atoms with Gasteiger partial charge in [0.15, 0.2) is 5.65 Å². The first-order chi connectivity index (χ1) is 8.36. The van der Waals surface area contributed by atoms with Crippen LogP contribution in [0.4, 0.5) is 5.82 Å². The molecule has 0 aromatic carbocycles. The van der Waals surface area contributed by atoms with Crippen LogP contribution in [0.25, 0.3) is 5.65 Å². The summed E-state index contributed by atoms with van der Waals surface area (Å²) in [6, 6.07) is 3.82. The Hall–Kier alpha value is -1.72. The molecule has 0 unspecified atom stereocenters. The van der Waals surface area contributed by atoms with E-state index >= 15 is 0 Å². The molecule has 2 aliphatic carbocycles. The van der Waals surface area contributed by atoms with Crippen LogP contribution in [0.15, 0.2) is 12.1 Å². The smallest absolute Gasteiger partial charge is 0.200 e. The zero-order chi connectivity index (χ0) is 11.3. The van der Waals surface area contributed by atoms with Crippen molar-refractivity contribution in [2.45, 2.75) is 25.7 Å². The molecule has 2 fully saturated rings. The van der Waals surface area contributed by atoms with E-state index in [-0.39, 0.29) is 0 Å². The molecular formula is C11H14N6. The number of fused-ring (bicyclic) bond motifs is 1. The van der Waals surface area contributed by atoms with Crippen LogP contribution < -0.4 is 5.32 Å². The molecule has 2 aliphatic rings. The predicted molar refractivity (Wildman–Crippen MR) is 61.5 cm³/mol. The van der Waals surface area contributed by atoms with E-state index in [1.807, 2.05) is 12.1 Å². The third-order valence-electron chi connectivity index (χ3n) is 4.03. The van der Waals surface area contributed by atoms with Gasteiger partial charge in [-0.25, -0.2) is 0 Å². The Labute approximate surface area is 98.4 Å². The number of nitrogens with one attached hydrogen (secondary N) is 1. The summed E-state index contributed by atoms with van der Waals surface area (Å²) < 4.78 is 1.46. The second kappa shape index (κ2) is 3.15. The first-order valence-electron chi connectivity index (χ1n) is 6.15. The lowest BCUT2D eigenvalue weighted by Gasteiger charge is -2.14. The fraction of sp³-hybridized carbons (Fsp3) is 0.636. The Bertz CT molecular complexity index is 554. The molecule has 17 heavy (non-hydrogen) atoms. The third-order valence-corrected chi connectivity index (χ3v) is 4.03. The highest BCUT2D eigenvalue weighted by molar-refractivity contribution is 5.42. The number of hydrogen-bond acceptors (Lipinski definition) is 5. The Morgan fingerprint density at radius 2 is 2.24 bits per heavy atom. The molecule has 2 aromatic heterocycles. The average Bonchev–Trinajstić information content (AvgIpc) is 3.23. The number of aromatic nitrogens is 5. The molecule has 4 rings (SSSR count). The van der Waals surface area contributed by atoms with Crippen LogP contribution in [0.3, 0.4) is 0 Å². The van der Waals surface area contributed by atoms with Gasteiger partial charge < -0.3 is 5.32 Å². The molecule has 1 N–H and O–H groups in total. The monoisotopic (exact) mass is 230 g/mol. The first kappa shape index (κ1) is 9.32. The molecule has 0 amide bonds. The van der Waals surface area contributed by atoms with Crippen molar-refractivity contribution in [1.82, 2.24) is 25.3 Å². The van der Waals surface area contributed by atoms with Crippen molar-refractivity contribution in [2.24, 2.45) is 11.3 Å². The van der Waals surface area contributed by atoms with Crippen LogP contribution in [0.1, 0.15) is 25.7 Å². The number of nitrogens with zero attached hydrogens (tertiary/aromatic N) is 5. The number of anilines is 1. The van der Waals surface area contributed by atoms with E-state index in [9.17, 15) is 0 Å². The van der Waals surface area contributed by atoms with Crippen LogP contribution in [-0.4, -0.2) is 31.8 Å². The molecule has 6 heteroatoms. The van der Waals surface area contributed by atoms with Crippen molar-refractivity contribution in [3.63, 3.8) is 0 Å². The molecule has 0 radical (unpaired) electrons. The van der Waals surface area contributed by atoms with Crippen LogP contribution in [0, 0.1) is 11.3 Å². The minimum Gasteiger partial charge on any atom is -0.368 e. The lowest BCUT2D eigenvalue weighted by molar-refractivity contribution is 0.466. The van der Waals surface area contributed by atoms with Gasteiger partial charge in [0.25, 0.3) is 0 Å². The van der Waals surface area contributed by atoms with Crippen molar-refractivity contribution in [2.75, 3.05) is 11.9 Å². The zero-order valence-corrected chi connectivity index (χ0v) is 9.50. The fourth-order valence-corrected chi connectivity index (χ4v) is 2.60. The van der Waals surface area contributed by atoms with E-state index in [1.165, 1.54) is 30.3 Å². The van der Waals surface area contributed by atoms with Crippen molar-refractivity contribution in [1.29, 1.82) is 0 Å². The highest BCUT2D eigenvalue weighted by Crippen LogP contribution is 2.61. The highest BCUT2D eigenvalue weighted by Gasteiger charge is 2.53. The standard InChI is InChI=1S/C11H14N6/c1-2-8(1)11(5-6-11)7-12-9-3-4-10-13-15-16-17(10)14-9/h3-4,8H,1-2,5-7H2,(H,12,14). The maximum atomic E-state index is 4.32. The minimum atomic E-state index is 0.581. The Morgan fingerprint density at radius 1 is 1.35 bits per heavy atom. The highest BCUT2D eigenvalue weighted by atomic mass is 15.6. The first-order valence-corrected chi connectivity index (χ1v) is 6.15. The van der Waals surface area contributed by atoms with E-state index in [4.69, 9.17) is 0 Å². The summed E-state index contributed by atoms with van der Waals surface area (Å²) in [6.45, 7) is 1.04. The van der Waals surface area contributed by atoms with Gasteiger partial charge >= 0.3 is 0 Å². The molecule has 0 bridgehead atoms. The van der Waals surface area contributed by atoms with Gasteiger partial charge in [0.2, 0.25) is 0 Å². The summed E-state index contributed by atoms with van der Waals surface area (Å²) >= 11 is 0. The maximum Gasteiger partial charge on any atom is 0.200 e. The van der Waals surface area contributed by atoms with Gasteiger partial charge in [0.1, 0.15) is 5.82 Å². The second-order valence-electron chi connectivity index (χ2n) is 5.24. The molecule has 0 atom stereocenters. The SMILES string of the molecule is c1cc2nnnn2nc1NCC1(C2CC2)CC1. The van der Waals surface area contributed by atoms with Crippen LogP contribution >= 0.6 is 0 Å². The minimum absolute atomic E-state index is 0.581. The normalized spacial score (nSPS) is 21.6. The van der Waals surface area contributed by atoms with E-state index in [0.29, 0.717) is 11.1 Å². The van der Waals surface area contributed by atoms with Crippen molar-refractivity contribution >= 4 is 11.5 Å². The topological polar surface area (TPSA) is 68.0 Å². The van der Waals surface area contributed by atoms with Crippen molar-refractivity contribution in [3.05, 3.63) is 12.1 Å². The zero-order valence-electron chi connectivity index (χ0n) is 9.50. The summed E-state index contributed by atoms with van der Waals surface area (Å²) in [4.78, 5) is 0. The van der Waals surface area contributed by atoms with Gasteiger partial charge in [0.05, 0.1) is 0 Å².